The molecule has 2 aliphatic carbocycles. The van der Waals surface area contributed by atoms with Crippen molar-refractivity contribution in [3.8, 4) is 0 Å². The van der Waals surface area contributed by atoms with E-state index in [1.165, 1.54) is 63.4 Å². The van der Waals surface area contributed by atoms with E-state index in [0.29, 0.717) is 0 Å². The Balaban J connectivity index is 1.45. The Hall–Kier alpha value is 0.270. The molecule has 0 spiro atoms. The first-order valence-corrected chi connectivity index (χ1v) is 8.09. The molecule has 3 rings (SSSR count). The van der Waals surface area contributed by atoms with E-state index in [1.54, 1.807) is 0 Å². The molecular weight excluding hydrogens is 216 g/mol. The van der Waals surface area contributed by atoms with Gasteiger partial charge < -0.3 is 10.2 Å². The fraction of sp³-hybridized carbons (Fsp3) is 1.00. The summed E-state index contributed by atoms with van der Waals surface area (Å²) in [5.74, 6) is 4.73. The van der Waals surface area contributed by atoms with Crippen molar-refractivity contribution in [1.29, 1.82) is 0 Å². The first kappa shape index (κ1) is 11.4. The number of nitrogens with zero attached hydrogens (tertiary/aromatic N) is 1. The van der Waals surface area contributed by atoms with Crippen molar-refractivity contribution in [2.45, 2.75) is 31.7 Å². The van der Waals surface area contributed by atoms with E-state index in [1.807, 2.05) is 0 Å². The van der Waals surface area contributed by atoms with Crippen LogP contribution < -0.4 is 5.32 Å². The highest BCUT2D eigenvalue weighted by Crippen LogP contribution is 2.33. The Morgan fingerprint density at radius 3 is 2.19 bits per heavy atom. The molecule has 0 radical (unpaired) electrons. The van der Waals surface area contributed by atoms with Gasteiger partial charge >= 0.3 is 0 Å². The molecule has 1 saturated heterocycles. The Kier molecular flexibility index (Phi) is 3.75. The summed E-state index contributed by atoms with van der Waals surface area (Å²) >= 11 is 2.12. The van der Waals surface area contributed by atoms with Gasteiger partial charge in [0.15, 0.2) is 0 Å². The monoisotopic (exact) mass is 240 g/mol. The quantitative estimate of drug-likeness (QED) is 0.762. The van der Waals surface area contributed by atoms with Crippen molar-refractivity contribution >= 4 is 11.8 Å². The smallest absolute Gasteiger partial charge is 0.0285 e. The molecule has 1 heterocycles. The Morgan fingerprint density at radius 1 is 1.00 bits per heavy atom. The molecule has 0 aromatic rings. The zero-order valence-corrected chi connectivity index (χ0v) is 11.0. The highest BCUT2D eigenvalue weighted by atomic mass is 32.2. The van der Waals surface area contributed by atoms with Crippen LogP contribution in [0.25, 0.3) is 0 Å². The van der Waals surface area contributed by atoms with Crippen LogP contribution in [0.15, 0.2) is 0 Å². The zero-order valence-electron chi connectivity index (χ0n) is 10.2. The van der Waals surface area contributed by atoms with Crippen LogP contribution in [0.3, 0.4) is 0 Å². The highest BCUT2D eigenvalue weighted by molar-refractivity contribution is 7.99. The minimum absolute atomic E-state index is 0.760. The van der Waals surface area contributed by atoms with Crippen molar-refractivity contribution in [3.05, 3.63) is 0 Å². The zero-order chi connectivity index (χ0) is 10.8. The molecule has 0 amide bonds. The molecule has 0 aromatic carbocycles. The largest absolute Gasteiger partial charge is 0.311 e. The number of thioether (sulfide) groups is 1. The van der Waals surface area contributed by atoms with E-state index in [0.717, 1.165) is 17.9 Å². The minimum Gasteiger partial charge on any atom is -0.311 e. The average molecular weight is 240 g/mol. The average Bonchev–Trinajstić information content (AvgIpc) is 3.15. The molecule has 16 heavy (non-hydrogen) atoms. The van der Waals surface area contributed by atoms with Gasteiger partial charge in [-0.2, -0.15) is 11.8 Å². The lowest BCUT2D eigenvalue weighted by atomic mass is 10.2. The second-order valence-corrected chi connectivity index (χ2v) is 6.98. The maximum Gasteiger partial charge on any atom is 0.0285 e. The van der Waals surface area contributed by atoms with Gasteiger partial charge in [-0.05, 0) is 37.5 Å². The SMILES string of the molecule is C1CSCC(CN(CC2CC2)CC2CC2)N1. The molecule has 3 fully saturated rings. The molecule has 1 atom stereocenters. The third kappa shape index (κ3) is 3.64. The Morgan fingerprint density at radius 2 is 1.69 bits per heavy atom. The molecule has 3 aliphatic rings. The van der Waals surface area contributed by atoms with Gasteiger partial charge in [-0.25, -0.2) is 0 Å². The van der Waals surface area contributed by atoms with Crippen molar-refractivity contribution in [1.82, 2.24) is 10.2 Å². The van der Waals surface area contributed by atoms with Crippen LogP contribution in [0.1, 0.15) is 25.7 Å². The number of hydrogen-bond acceptors (Lipinski definition) is 3. The van der Waals surface area contributed by atoms with E-state index >= 15 is 0 Å². The van der Waals surface area contributed by atoms with Crippen LogP contribution >= 0.6 is 11.8 Å². The van der Waals surface area contributed by atoms with Crippen LogP contribution in [0.5, 0.6) is 0 Å². The Bertz CT molecular complexity index is 206. The third-order valence-electron chi connectivity index (χ3n) is 3.90. The number of nitrogens with one attached hydrogen (secondary N) is 1. The van der Waals surface area contributed by atoms with Crippen LogP contribution in [-0.2, 0) is 0 Å². The minimum atomic E-state index is 0.760. The van der Waals surface area contributed by atoms with Crippen LogP contribution in [0, 0.1) is 11.8 Å². The Labute approximate surface area is 104 Å². The van der Waals surface area contributed by atoms with Crippen LogP contribution in [0.4, 0.5) is 0 Å². The van der Waals surface area contributed by atoms with E-state index in [-0.39, 0.29) is 0 Å². The number of rotatable bonds is 6. The molecule has 1 unspecified atom stereocenters. The maximum absolute atomic E-state index is 3.67. The summed E-state index contributed by atoms with van der Waals surface area (Å²) in [5.41, 5.74) is 0. The van der Waals surface area contributed by atoms with E-state index in [4.69, 9.17) is 0 Å². The van der Waals surface area contributed by atoms with E-state index in [9.17, 15) is 0 Å². The highest BCUT2D eigenvalue weighted by Gasteiger charge is 2.30. The fourth-order valence-electron chi connectivity index (χ4n) is 2.60. The summed E-state index contributed by atoms with van der Waals surface area (Å²) < 4.78 is 0. The standard InChI is InChI=1S/C13H24N2S/c1-2-11(1)7-15(8-12-3-4-12)9-13-10-16-6-5-14-13/h11-14H,1-10H2. The predicted molar refractivity (Wildman–Crippen MR) is 71.0 cm³/mol. The van der Waals surface area contributed by atoms with Crippen molar-refractivity contribution in [2.24, 2.45) is 11.8 Å². The second-order valence-electron chi connectivity index (χ2n) is 5.83. The summed E-state index contributed by atoms with van der Waals surface area (Å²) in [6.45, 7) is 5.30. The molecule has 1 N–H and O–H groups in total. The van der Waals surface area contributed by atoms with Gasteiger partial charge in [-0.15, -0.1) is 0 Å². The summed E-state index contributed by atoms with van der Waals surface area (Å²) in [5, 5.41) is 3.67. The van der Waals surface area contributed by atoms with Gasteiger partial charge in [0.1, 0.15) is 0 Å². The molecule has 0 aromatic heterocycles. The molecule has 2 saturated carbocycles. The van der Waals surface area contributed by atoms with Crippen LogP contribution in [0.2, 0.25) is 0 Å². The molecular formula is C13H24N2S. The van der Waals surface area contributed by atoms with Gasteiger partial charge in [0.2, 0.25) is 0 Å². The van der Waals surface area contributed by atoms with Gasteiger partial charge in [0.05, 0.1) is 0 Å². The fourth-order valence-corrected chi connectivity index (χ4v) is 3.54. The second kappa shape index (κ2) is 5.28. The lowest BCUT2D eigenvalue weighted by Gasteiger charge is -2.30. The molecule has 0 bridgehead atoms. The summed E-state index contributed by atoms with van der Waals surface area (Å²) in [6.07, 6.45) is 5.98. The predicted octanol–water partition coefficient (Wildman–Crippen LogP) is 1.81. The normalized spacial score (nSPS) is 30.9. The van der Waals surface area contributed by atoms with Gasteiger partial charge in [-0.3, -0.25) is 0 Å². The van der Waals surface area contributed by atoms with Gasteiger partial charge in [0.25, 0.3) is 0 Å². The first-order valence-electron chi connectivity index (χ1n) is 6.93. The summed E-state index contributed by atoms with van der Waals surface area (Å²) in [4.78, 5) is 2.76. The first-order chi connectivity index (χ1) is 7.90. The van der Waals surface area contributed by atoms with Gasteiger partial charge in [-0.1, -0.05) is 0 Å². The topological polar surface area (TPSA) is 15.3 Å². The molecule has 3 heteroatoms. The lowest BCUT2D eigenvalue weighted by molar-refractivity contribution is 0.230. The van der Waals surface area contributed by atoms with Crippen molar-refractivity contribution in [3.63, 3.8) is 0 Å². The van der Waals surface area contributed by atoms with E-state index < -0.39 is 0 Å². The van der Waals surface area contributed by atoms with Crippen molar-refractivity contribution < 1.29 is 0 Å². The maximum atomic E-state index is 3.67. The molecule has 1 aliphatic heterocycles. The number of hydrogen-bond donors (Lipinski definition) is 1. The molecule has 2 nitrogen and oxygen atoms in total. The third-order valence-corrected chi connectivity index (χ3v) is 5.03. The van der Waals surface area contributed by atoms with E-state index in [2.05, 4.69) is 22.0 Å². The van der Waals surface area contributed by atoms with Crippen LogP contribution in [-0.4, -0.2) is 48.6 Å². The van der Waals surface area contributed by atoms with Crippen molar-refractivity contribution in [2.75, 3.05) is 37.7 Å². The van der Waals surface area contributed by atoms with Gasteiger partial charge in [0, 0.05) is 43.7 Å². The summed E-state index contributed by atoms with van der Waals surface area (Å²) in [7, 11) is 0. The lowest BCUT2D eigenvalue weighted by Crippen LogP contribution is -2.47. The summed E-state index contributed by atoms with van der Waals surface area (Å²) in [6, 6.07) is 0.760. The molecule has 92 valence electrons.